The van der Waals surface area contributed by atoms with Crippen LogP contribution in [-0.2, 0) is 10.0 Å². The molecule has 1 aromatic rings. The van der Waals surface area contributed by atoms with E-state index in [0.717, 1.165) is 24.0 Å². The van der Waals surface area contributed by atoms with E-state index in [2.05, 4.69) is 6.92 Å². The van der Waals surface area contributed by atoms with E-state index in [9.17, 15) is 8.42 Å². The number of hydrogen-bond donors (Lipinski definition) is 1. The molecule has 0 bridgehead atoms. The van der Waals surface area contributed by atoms with E-state index in [0.29, 0.717) is 23.7 Å². The highest BCUT2D eigenvalue weighted by Crippen LogP contribution is 2.24. The molecule has 0 unspecified atom stereocenters. The number of hydrogen-bond acceptors (Lipinski definition) is 3. The van der Waals surface area contributed by atoms with Gasteiger partial charge in [0.2, 0.25) is 10.0 Å². The largest absolute Gasteiger partial charge is 0.398 e. The molecule has 5 heteroatoms. The molecule has 0 saturated heterocycles. The van der Waals surface area contributed by atoms with E-state index in [-0.39, 0.29) is 0 Å². The first-order chi connectivity index (χ1) is 8.84. The second-order valence-electron chi connectivity index (χ2n) is 4.80. The van der Waals surface area contributed by atoms with E-state index in [1.165, 1.54) is 4.31 Å². The predicted octanol–water partition coefficient (Wildman–Crippen LogP) is 2.70. The molecular weight excluding hydrogens is 260 g/mol. The topological polar surface area (TPSA) is 63.4 Å². The molecule has 0 fully saturated rings. The minimum atomic E-state index is -3.43. The Morgan fingerprint density at radius 3 is 2.32 bits per heavy atom. The van der Waals surface area contributed by atoms with Gasteiger partial charge in [0.25, 0.3) is 0 Å². The van der Waals surface area contributed by atoms with Crippen molar-refractivity contribution in [3.63, 3.8) is 0 Å². The maximum absolute atomic E-state index is 12.6. The van der Waals surface area contributed by atoms with Crippen LogP contribution in [0.2, 0.25) is 0 Å². The number of benzene rings is 1. The third-order valence-corrected chi connectivity index (χ3v) is 5.38. The molecule has 4 nitrogen and oxygen atoms in total. The minimum Gasteiger partial charge on any atom is -0.398 e. The van der Waals surface area contributed by atoms with Crippen LogP contribution < -0.4 is 5.73 Å². The Kier molecular flexibility index (Phi) is 5.38. The zero-order valence-electron chi connectivity index (χ0n) is 12.2. The Balaban J connectivity index is 3.18. The monoisotopic (exact) mass is 284 g/mol. The number of anilines is 1. The molecule has 0 aliphatic carbocycles. The maximum atomic E-state index is 12.6. The Morgan fingerprint density at radius 1 is 1.21 bits per heavy atom. The summed E-state index contributed by atoms with van der Waals surface area (Å²) >= 11 is 0. The first-order valence-corrected chi connectivity index (χ1v) is 8.15. The van der Waals surface area contributed by atoms with E-state index in [1.54, 1.807) is 12.1 Å². The molecule has 0 aliphatic heterocycles. The summed E-state index contributed by atoms with van der Waals surface area (Å²) < 4.78 is 26.6. The van der Waals surface area contributed by atoms with Crippen LogP contribution in [0.25, 0.3) is 0 Å². The molecule has 0 heterocycles. The van der Waals surface area contributed by atoms with Crippen molar-refractivity contribution in [1.29, 1.82) is 0 Å². The molecule has 0 radical (unpaired) electrons. The molecule has 0 aliphatic rings. The van der Waals surface area contributed by atoms with E-state index in [4.69, 9.17) is 5.73 Å². The molecule has 2 N–H and O–H groups in total. The van der Waals surface area contributed by atoms with E-state index < -0.39 is 10.0 Å². The van der Waals surface area contributed by atoms with Crippen LogP contribution in [0.3, 0.4) is 0 Å². The van der Waals surface area contributed by atoms with Crippen molar-refractivity contribution in [1.82, 2.24) is 4.31 Å². The van der Waals surface area contributed by atoms with Gasteiger partial charge in [-0.3, -0.25) is 0 Å². The first kappa shape index (κ1) is 16.0. The van der Waals surface area contributed by atoms with Gasteiger partial charge in [-0.25, -0.2) is 8.42 Å². The zero-order chi connectivity index (χ0) is 14.6. The molecule has 0 saturated carbocycles. The third-order valence-electron chi connectivity index (χ3n) is 3.43. The van der Waals surface area contributed by atoms with Crippen LogP contribution in [0.1, 0.15) is 37.8 Å². The summed E-state index contributed by atoms with van der Waals surface area (Å²) in [5, 5.41) is 0. The number of nitrogen functional groups attached to an aromatic ring is 1. The van der Waals surface area contributed by atoms with Crippen LogP contribution in [0.4, 0.5) is 5.69 Å². The van der Waals surface area contributed by atoms with Crippen LogP contribution in [-0.4, -0.2) is 25.8 Å². The average Bonchev–Trinajstić information content (AvgIpc) is 2.36. The quantitative estimate of drug-likeness (QED) is 0.817. The van der Waals surface area contributed by atoms with Gasteiger partial charge in [0.15, 0.2) is 0 Å². The van der Waals surface area contributed by atoms with Gasteiger partial charge in [0, 0.05) is 18.8 Å². The maximum Gasteiger partial charge on any atom is 0.243 e. The SMILES string of the molecule is CCCCN(CC)S(=O)(=O)c1cc(C)c(C)c(N)c1. The molecule has 1 aromatic carbocycles. The van der Waals surface area contributed by atoms with E-state index >= 15 is 0 Å². The normalized spacial score (nSPS) is 12.1. The number of nitrogens with two attached hydrogens (primary N) is 1. The molecule has 0 amide bonds. The molecule has 19 heavy (non-hydrogen) atoms. The zero-order valence-corrected chi connectivity index (χ0v) is 13.0. The standard InChI is InChI=1S/C14H24N2O2S/c1-5-7-8-16(6-2)19(17,18)13-9-11(3)12(4)14(15)10-13/h9-10H,5-8,15H2,1-4H3. The highest BCUT2D eigenvalue weighted by molar-refractivity contribution is 7.89. The predicted molar refractivity (Wildman–Crippen MR) is 79.7 cm³/mol. The van der Waals surface area contributed by atoms with Gasteiger partial charge < -0.3 is 5.73 Å². The number of sulfonamides is 1. The number of rotatable bonds is 6. The Morgan fingerprint density at radius 2 is 1.84 bits per heavy atom. The van der Waals surface area contributed by atoms with Crippen molar-refractivity contribution >= 4 is 15.7 Å². The van der Waals surface area contributed by atoms with Gasteiger partial charge in [0.1, 0.15) is 0 Å². The lowest BCUT2D eigenvalue weighted by atomic mass is 10.1. The summed E-state index contributed by atoms with van der Waals surface area (Å²) in [7, 11) is -3.43. The van der Waals surface area contributed by atoms with Gasteiger partial charge in [-0.05, 0) is 43.5 Å². The fraction of sp³-hybridized carbons (Fsp3) is 0.571. The van der Waals surface area contributed by atoms with Gasteiger partial charge in [-0.2, -0.15) is 4.31 Å². The third kappa shape index (κ3) is 3.48. The molecule has 0 aromatic heterocycles. The summed E-state index contributed by atoms with van der Waals surface area (Å²) in [5.41, 5.74) is 8.26. The number of aryl methyl sites for hydroxylation is 1. The number of nitrogens with zero attached hydrogens (tertiary/aromatic N) is 1. The lowest BCUT2D eigenvalue weighted by Crippen LogP contribution is -2.32. The summed E-state index contributed by atoms with van der Waals surface area (Å²) in [6.07, 6.45) is 1.84. The summed E-state index contributed by atoms with van der Waals surface area (Å²) in [5.74, 6) is 0. The van der Waals surface area contributed by atoms with Crippen molar-refractivity contribution in [2.75, 3.05) is 18.8 Å². The summed E-state index contributed by atoms with van der Waals surface area (Å²) in [4.78, 5) is 0.297. The van der Waals surface area contributed by atoms with Crippen molar-refractivity contribution in [3.05, 3.63) is 23.3 Å². The molecule has 0 atom stereocenters. The fourth-order valence-corrected chi connectivity index (χ4v) is 3.54. The van der Waals surface area contributed by atoms with Gasteiger partial charge >= 0.3 is 0 Å². The smallest absolute Gasteiger partial charge is 0.243 e. The lowest BCUT2D eigenvalue weighted by Gasteiger charge is -2.21. The Hall–Kier alpha value is -1.07. The van der Waals surface area contributed by atoms with Gasteiger partial charge in [0.05, 0.1) is 4.90 Å². The summed E-state index contributed by atoms with van der Waals surface area (Å²) in [6, 6.07) is 3.27. The minimum absolute atomic E-state index is 0.297. The Bertz CT molecular complexity index is 515. The first-order valence-electron chi connectivity index (χ1n) is 6.71. The average molecular weight is 284 g/mol. The fourth-order valence-electron chi connectivity index (χ4n) is 1.93. The van der Waals surface area contributed by atoms with Gasteiger partial charge in [-0.1, -0.05) is 20.3 Å². The second-order valence-corrected chi connectivity index (χ2v) is 6.74. The summed E-state index contributed by atoms with van der Waals surface area (Å²) in [6.45, 7) is 8.73. The molecule has 108 valence electrons. The molecular formula is C14H24N2O2S. The second kappa shape index (κ2) is 6.39. The van der Waals surface area contributed by atoms with Gasteiger partial charge in [-0.15, -0.1) is 0 Å². The van der Waals surface area contributed by atoms with Crippen LogP contribution in [0, 0.1) is 13.8 Å². The highest BCUT2D eigenvalue weighted by Gasteiger charge is 2.23. The van der Waals surface area contributed by atoms with Crippen LogP contribution in [0.5, 0.6) is 0 Å². The van der Waals surface area contributed by atoms with Crippen molar-refractivity contribution in [2.24, 2.45) is 0 Å². The van der Waals surface area contributed by atoms with Crippen molar-refractivity contribution in [2.45, 2.75) is 45.4 Å². The lowest BCUT2D eigenvalue weighted by molar-refractivity contribution is 0.419. The van der Waals surface area contributed by atoms with Crippen molar-refractivity contribution in [3.8, 4) is 0 Å². The highest BCUT2D eigenvalue weighted by atomic mass is 32.2. The van der Waals surface area contributed by atoms with E-state index in [1.807, 2.05) is 20.8 Å². The number of unbranched alkanes of at least 4 members (excludes halogenated alkanes) is 1. The Labute approximate surface area is 116 Å². The molecule has 1 rings (SSSR count). The molecule has 0 spiro atoms. The van der Waals surface area contributed by atoms with Crippen LogP contribution in [0.15, 0.2) is 17.0 Å². The van der Waals surface area contributed by atoms with Crippen molar-refractivity contribution < 1.29 is 8.42 Å². The van der Waals surface area contributed by atoms with Crippen LogP contribution >= 0.6 is 0 Å².